The minimum atomic E-state index is 0.150. The van der Waals surface area contributed by atoms with Gasteiger partial charge in [-0.2, -0.15) is 0 Å². The number of halogens is 2. The lowest BCUT2D eigenvalue weighted by molar-refractivity contribution is 0.0873. The zero-order chi connectivity index (χ0) is 15.5. The first kappa shape index (κ1) is 17.1. The van der Waals surface area contributed by atoms with E-state index in [1.165, 1.54) is 25.9 Å². The van der Waals surface area contributed by atoms with E-state index in [1.54, 1.807) is 0 Å². The van der Waals surface area contributed by atoms with Crippen LogP contribution in [0.3, 0.4) is 0 Å². The highest BCUT2D eigenvalue weighted by Crippen LogP contribution is 2.32. The van der Waals surface area contributed by atoms with Gasteiger partial charge in [0.25, 0.3) is 0 Å². The van der Waals surface area contributed by atoms with E-state index >= 15 is 0 Å². The Kier molecular flexibility index (Phi) is 5.96. The Morgan fingerprint density at radius 1 is 1.29 bits per heavy atom. The van der Waals surface area contributed by atoms with Crippen molar-refractivity contribution in [2.45, 2.75) is 51.1 Å². The molecule has 1 fully saturated rings. The zero-order valence-electron chi connectivity index (χ0n) is 13.3. The monoisotopic (exact) mass is 328 g/mol. The molecule has 0 amide bonds. The van der Waals surface area contributed by atoms with Crippen LogP contribution in [0.25, 0.3) is 0 Å². The fourth-order valence-electron chi connectivity index (χ4n) is 3.48. The van der Waals surface area contributed by atoms with Crippen molar-refractivity contribution in [3.05, 3.63) is 33.8 Å². The largest absolute Gasteiger partial charge is 0.315 e. The maximum atomic E-state index is 6.37. The van der Waals surface area contributed by atoms with E-state index < -0.39 is 0 Å². The minimum Gasteiger partial charge on any atom is -0.315 e. The standard InChI is InChI=1S/C17H26Cl2N2/c1-4-17(2,21-10-5-6-11-21)15(20-3)12-13-8-7-9-14(18)16(13)19/h7-9,15,20H,4-6,10-12H2,1-3H3. The molecule has 0 saturated carbocycles. The van der Waals surface area contributed by atoms with Crippen molar-refractivity contribution in [3.63, 3.8) is 0 Å². The molecule has 2 nitrogen and oxygen atoms in total. The van der Waals surface area contributed by atoms with Crippen LogP contribution in [-0.4, -0.2) is 36.6 Å². The number of hydrogen-bond acceptors (Lipinski definition) is 2. The van der Waals surface area contributed by atoms with Crippen LogP contribution in [0.5, 0.6) is 0 Å². The smallest absolute Gasteiger partial charge is 0.0624 e. The summed E-state index contributed by atoms with van der Waals surface area (Å²) in [5.41, 5.74) is 1.28. The topological polar surface area (TPSA) is 15.3 Å². The Bertz CT molecular complexity index is 472. The molecule has 21 heavy (non-hydrogen) atoms. The molecular formula is C17H26Cl2N2. The molecule has 2 unspecified atom stereocenters. The highest BCUT2D eigenvalue weighted by Gasteiger charge is 2.38. The van der Waals surface area contributed by atoms with E-state index in [0.717, 1.165) is 18.4 Å². The van der Waals surface area contributed by atoms with Gasteiger partial charge in [-0.3, -0.25) is 4.90 Å². The van der Waals surface area contributed by atoms with Gasteiger partial charge < -0.3 is 5.32 Å². The minimum absolute atomic E-state index is 0.150. The molecule has 0 aliphatic carbocycles. The van der Waals surface area contributed by atoms with Crippen LogP contribution >= 0.6 is 23.2 Å². The lowest BCUT2D eigenvalue weighted by Crippen LogP contribution is -2.58. The molecule has 1 heterocycles. The van der Waals surface area contributed by atoms with Crippen molar-refractivity contribution >= 4 is 23.2 Å². The highest BCUT2D eigenvalue weighted by atomic mass is 35.5. The number of hydrogen-bond donors (Lipinski definition) is 1. The molecule has 1 aliphatic rings. The summed E-state index contributed by atoms with van der Waals surface area (Å²) in [6.07, 6.45) is 4.64. The maximum absolute atomic E-state index is 6.37. The summed E-state index contributed by atoms with van der Waals surface area (Å²) in [5, 5.41) is 4.86. The lowest BCUT2D eigenvalue weighted by Gasteiger charge is -2.44. The van der Waals surface area contributed by atoms with Gasteiger partial charge in [-0.05, 0) is 64.4 Å². The van der Waals surface area contributed by atoms with Gasteiger partial charge >= 0.3 is 0 Å². The predicted octanol–water partition coefficient (Wildman–Crippen LogP) is 4.39. The Hall–Kier alpha value is -0.280. The third kappa shape index (κ3) is 3.56. The van der Waals surface area contributed by atoms with Crippen molar-refractivity contribution in [2.24, 2.45) is 0 Å². The molecule has 2 atom stereocenters. The summed E-state index contributed by atoms with van der Waals surface area (Å²) in [6, 6.07) is 6.27. The van der Waals surface area contributed by atoms with E-state index in [2.05, 4.69) is 30.1 Å². The molecule has 2 rings (SSSR count). The molecule has 1 aromatic carbocycles. The number of likely N-dealkylation sites (tertiary alicyclic amines) is 1. The van der Waals surface area contributed by atoms with E-state index in [1.807, 2.05) is 19.2 Å². The van der Waals surface area contributed by atoms with E-state index in [9.17, 15) is 0 Å². The Labute approximate surface area is 138 Å². The molecule has 4 heteroatoms. The molecule has 1 saturated heterocycles. The van der Waals surface area contributed by atoms with Gasteiger partial charge in [0, 0.05) is 11.6 Å². The molecular weight excluding hydrogens is 303 g/mol. The van der Waals surface area contributed by atoms with Gasteiger partial charge in [0.1, 0.15) is 0 Å². The second kappa shape index (κ2) is 7.32. The van der Waals surface area contributed by atoms with E-state index in [4.69, 9.17) is 23.2 Å². The quantitative estimate of drug-likeness (QED) is 0.833. The molecule has 0 aromatic heterocycles. The third-order valence-electron chi connectivity index (χ3n) is 5.10. The number of nitrogens with one attached hydrogen (secondary N) is 1. The Balaban J connectivity index is 2.23. The zero-order valence-corrected chi connectivity index (χ0v) is 14.8. The van der Waals surface area contributed by atoms with Crippen LogP contribution in [0.15, 0.2) is 18.2 Å². The fourth-order valence-corrected chi connectivity index (χ4v) is 3.87. The fraction of sp³-hybridized carbons (Fsp3) is 0.647. The second-order valence-corrected chi connectivity index (χ2v) is 6.95. The van der Waals surface area contributed by atoms with Gasteiger partial charge in [-0.15, -0.1) is 0 Å². The summed E-state index contributed by atoms with van der Waals surface area (Å²) in [6.45, 7) is 7.05. The van der Waals surface area contributed by atoms with Gasteiger partial charge in [0.2, 0.25) is 0 Å². The molecule has 118 valence electrons. The average Bonchev–Trinajstić information content (AvgIpc) is 3.03. The maximum Gasteiger partial charge on any atom is 0.0624 e. The molecule has 0 radical (unpaired) electrons. The van der Waals surface area contributed by atoms with Crippen LogP contribution in [-0.2, 0) is 6.42 Å². The lowest BCUT2D eigenvalue weighted by atomic mass is 9.83. The van der Waals surface area contributed by atoms with Gasteiger partial charge in [0.05, 0.1) is 10.0 Å². The van der Waals surface area contributed by atoms with Crippen molar-refractivity contribution in [3.8, 4) is 0 Å². The molecule has 0 bridgehead atoms. The van der Waals surface area contributed by atoms with Crippen LogP contribution in [0.4, 0.5) is 0 Å². The van der Waals surface area contributed by atoms with Crippen LogP contribution in [0, 0.1) is 0 Å². The van der Waals surface area contributed by atoms with Crippen LogP contribution < -0.4 is 5.32 Å². The summed E-state index contributed by atoms with van der Waals surface area (Å²) in [7, 11) is 2.05. The van der Waals surface area contributed by atoms with Crippen molar-refractivity contribution in [1.29, 1.82) is 0 Å². The number of nitrogens with zero attached hydrogens (tertiary/aromatic N) is 1. The Morgan fingerprint density at radius 3 is 2.52 bits per heavy atom. The van der Waals surface area contributed by atoms with Crippen molar-refractivity contribution in [1.82, 2.24) is 10.2 Å². The number of benzene rings is 1. The van der Waals surface area contributed by atoms with Gasteiger partial charge in [-0.25, -0.2) is 0 Å². The summed E-state index contributed by atoms with van der Waals surface area (Å²) in [4.78, 5) is 2.63. The number of likely N-dealkylation sites (N-methyl/N-ethyl adjacent to an activating group) is 1. The van der Waals surface area contributed by atoms with E-state index in [-0.39, 0.29) is 5.54 Å². The van der Waals surface area contributed by atoms with Crippen LogP contribution in [0.2, 0.25) is 10.0 Å². The molecule has 1 N–H and O–H groups in total. The molecule has 1 aliphatic heterocycles. The van der Waals surface area contributed by atoms with Gasteiger partial charge in [-0.1, -0.05) is 42.3 Å². The highest BCUT2D eigenvalue weighted by molar-refractivity contribution is 6.42. The predicted molar refractivity (Wildman–Crippen MR) is 92.5 cm³/mol. The SMILES string of the molecule is CCC(C)(C(Cc1cccc(Cl)c1Cl)NC)N1CCCC1. The first-order chi connectivity index (χ1) is 10.0. The van der Waals surface area contributed by atoms with Crippen molar-refractivity contribution < 1.29 is 0 Å². The second-order valence-electron chi connectivity index (χ2n) is 6.16. The van der Waals surface area contributed by atoms with Crippen LogP contribution in [0.1, 0.15) is 38.7 Å². The van der Waals surface area contributed by atoms with Crippen molar-refractivity contribution in [2.75, 3.05) is 20.1 Å². The first-order valence-electron chi connectivity index (χ1n) is 7.88. The normalized spacial score (nSPS) is 20.4. The third-order valence-corrected chi connectivity index (χ3v) is 5.96. The van der Waals surface area contributed by atoms with Gasteiger partial charge in [0.15, 0.2) is 0 Å². The Morgan fingerprint density at radius 2 is 1.95 bits per heavy atom. The number of rotatable bonds is 6. The molecule has 1 aromatic rings. The summed E-state index contributed by atoms with van der Waals surface area (Å²) < 4.78 is 0. The average molecular weight is 329 g/mol. The first-order valence-corrected chi connectivity index (χ1v) is 8.63. The summed E-state index contributed by atoms with van der Waals surface area (Å²) >= 11 is 12.5. The molecule has 0 spiro atoms. The summed E-state index contributed by atoms with van der Waals surface area (Å²) in [5.74, 6) is 0. The van der Waals surface area contributed by atoms with E-state index in [0.29, 0.717) is 16.1 Å².